The van der Waals surface area contributed by atoms with Gasteiger partial charge in [-0.1, -0.05) is 75.2 Å². The number of esters is 1. The number of carbonyl (C=O) groups is 6. The van der Waals surface area contributed by atoms with E-state index in [0.29, 0.717) is 44.2 Å². The van der Waals surface area contributed by atoms with Gasteiger partial charge >= 0.3 is 12.0 Å². The fourth-order valence-corrected chi connectivity index (χ4v) is 4.28. The third kappa shape index (κ3) is 20.0. The van der Waals surface area contributed by atoms with Gasteiger partial charge in [-0.2, -0.15) is 0 Å². The van der Waals surface area contributed by atoms with Gasteiger partial charge in [-0.3, -0.25) is 24.0 Å². The quantitative estimate of drug-likeness (QED) is 0.193. The highest BCUT2D eigenvalue weighted by Crippen LogP contribution is 2.34. The molecule has 3 atom stereocenters. The molecule has 2 saturated carbocycles. The number of nitrogens with zero attached hydrogens (tertiary/aromatic N) is 1. The average molecular weight is 654 g/mol. The Bertz CT molecular complexity index is 960. The van der Waals surface area contributed by atoms with Crippen LogP contribution in [0.25, 0.3) is 0 Å². The number of carbonyl (C=O) groups excluding carboxylic acids is 6. The molecule has 3 rings (SSSR count). The minimum Gasteiger partial charge on any atom is -0.464 e. The second-order valence-electron chi connectivity index (χ2n) is 14.9. The van der Waals surface area contributed by atoms with Crippen molar-refractivity contribution in [2.45, 2.75) is 132 Å². The van der Waals surface area contributed by atoms with Gasteiger partial charge in [-0.05, 0) is 68.1 Å². The number of urea groups is 1. The molecule has 1 aliphatic heterocycles. The Kier molecular flexibility index (Phi) is 20.1. The van der Waals surface area contributed by atoms with E-state index in [2.05, 4.69) is 63.2 Å². The molecule has 1 saturated heterocycles. The summed E-state index contributed by atoms with van der Waals surface area (Å²) in [5.41, 5.74) is 3.53. The number of ketones is 1. The van der Waals surface area contributed by atoms with Crippen LogP contribution in [0.15, 0.2) is 0 Å². The number of amides is 5. The van der Waals surface area contributed by atoms with E-state index < -0.39 is 35.5 Å². The average Bonchev–Trinajstić information content (AvgIpc) is 3.86. The Morgan fingerprint density at radius 2 is 1.39 bits per heavy atom. The van der Waals surface area contributed by atoms with Crippen molar-refractivity contribution in [2.75, 3.05) is 19.7 Å². The molecule has 0 aromatic rings. The second-order valence-corrected chi connectivity index (χ2v) is 14.9. The highest BCUT2D eigenvalue weighted by molar-refractivity contribution is 5.95. The summed E-state index contributed by atoms with van der Waals surface area (Å²) in [5.74, 6) is 1.29. The van der Waals surface area contributed by atoms with E-state index in [0.717, 1.165) is 37.5 Å². The van der Waals surface area contributed by atoms with Gasteiger partial charge in [0.25, 0.3) is 0 Å². The minimum atomic E-state index is -0.909. The Labute approximate surface area is 277 Å². The van der Waals surface area contributed by atoms with Crippen LogP contribution in [0.1, 0.15) is 114 Å². The number of rotatable bonds is 11. The zero-order valence-electron chi connectivity index (χ0n) is 30.1. The molecule has 1 heterocycles. The fourth-order valence-electron chi connectivity index (χ4n) is 4.28. The number of Topliss-reactive ketones (excluding diaryl/α,β-unsaturated/α-hetero) is 1. The molecule has 0 spiro atoms. The summed E-state index contributed by atoms with van der Waals surface area (Å²) in [6.45, 7) is 20.4. The Morgan fingerprint density at radius 1 is 0.891 bits per heavy atom. The van der Waals surface area contributed by atoms with Crippen LogP contribution in [0.4, 0.5) is 4.79 Å². The molecular formula is C34H63N5O7. The van der Waals surface area contributed by atoms with Crippen LogP contribution < -0.4 is 21.7 Å². The van der Waals surface area contributed by atoms with Crippen molar-refractivity contribution in [3.63, 3.8) is 0 Å². The summed E-state index contributed by atoms with van der Waals surface area (Å²) in [5, 5.41) is 8.00. The zero-order valence-corrected chi connectivity index (χ0v) is 30.1. The second kappa shape index (κ2) is 21.6. The fraction of sp³-hybridized carbons (Fsp3) is 0.824. The molecule has 3 aliphatic rings. The standard InChI is InChI=1S/C25H40N4O6.2C4H10.CH3NO/c1-15(30)18(12-16-7-8-16)27-22(32)19-6-5-11-29(19)23(33)21(25(2,3)4)28-24(34)26-13-20(31)35-14-17-9-10-17;2*1-4(2)3;2-1-3/h16-19,21H,5-14H2,1-4H3,(H,27,32)(H2,26,28,34);2*4H,1-3H3;1H,(H2,2,3). The zero-order chi connectivity index (χ0) is 35.6. The lowest BCUT2D eigenvalue weighted by Gasteiger charge is -2.35. The van der Waals surface area contributed by atoms with Crippen LogP contribution >= 0.6 is 0 Å². The smallest absolute Gasteiger partial charge is 0.325 e. The van der Waals surface area contributed by atoms with E-state index >= 15 is 0 Å². The molecule has 12 heteroatoms. The molecule has 266 valence electrons. The van der Waals surface area contributed by atoms with Crippen molar-refractivity contribution in [2.24, 2.45) is 34.8 Å². The molecule has 0 radical (unpaired) electrons. The number of nitrogens with one attached hydrogen (secondary N) is 3. The monoisotopic (exact) mass is 653 g/mol. The molecule has 46 heavy (non-hydrogen) atoms. The summed E-state index contributed by atoms with van der Waals surface area (Å²) >= 11 is 0. The van der Waals surface area contributed by atoms with Gasteiger partial charge in [-0.15, -0.1) is 0 Å². The molecule has 5 N–H and O–H groups in total. The normalized spacial score (nSPS) is 18.3. The van der Waals surface area contributed by atoms with Crippen molar-refractivity contribution >= 4 is 36.0 Å². The number of ether oxygens (including phenoxy) is 1. The van der Waals surface area contributed by atoms with Crippen LogP contribution in [0.5, 0.6) is 0 Å². The number of nitrogens with two attached hydrogens (primary N) is 1. The highest BCUT2D eigenvalue weighted by Gasteiger charge is 2.42. The van der Waals surface area contributed by atoms with Crippen LogP contribution in [0, 0.1) is 29.1 Å². The lowest BCUT2D eigenvalue weighted by molar-refractivity contribution is -0.142. The van der Waals surface area contributed by atoms with E-state index in [-0.39, 0.29) is 30.6 Å². The van der Waals surface area contributed by atoms with Crippen molar-refractivity contribution < 1.29 is 33.5 Å². The van der Waals surface area contributed by atoms with Crippen LogP contribution in [0.2, 0.25) is 0 Å². The van der Waals surface area contributed by atoms with Gasteiger partial charge in [0, 0.05) is 6.54 Å². The van der Waals surface area contributed by atoms with E-state index in [9.17, 15) is 24.0 Å². The van der Waals surface area contributed by atoms with Gasteiger partial charge in [0.05, 0.1) is 12.6 Å². The molecule has 3 fully saturated rings. The molecule has 0 aromatic heterocycles. The maximum atomic E-state index is 13.5. The third-order valence-electron chi connectivity index (χ3n) is 6.87. The molecular weight excluding hydrogens is 590 g/mol. The molecule has 12 nitrogen and oxygen atoms in total. The highest BCUT2D eigenvalue weighted by atomic mass is 16.5. The van der Waals surface area contributed by atoms with Gasteiger partial charge in [0.15, 0.2) is 5.78 Å². The maximum Gasteiger partial charge on any atom is 0.325 e. The van der Waals surface area contributed by atoms with Crippen LogP contribution in [-0.4, -0.2) is 78.7 Å². The Hall–Kier alpha value is -3.18. The first-order chi connectivity index (χ1) is 21.3. The topological polar surface area (TPSA) is 177 Å². The SMILES string of the molecule is CC(=O)C(CC1CC1)NC(=O)C1CCCN1C(=O)C(NC(=O)NCC(=O)OCC1CC1)C(C)(C)C.CC(C)C.CC(C)C.NC=O. The first kappa shape index (κ1) is 42.8. The lowest BCUT2D eigenvalue weighted by atomic mass is 9.85. The van der Waals surface area contributed by atoms with E-state index in [1.807, 2.05) is 20.8 Å². The van der Waals surface area contributed by atoms with E-state index in [1.54, 1.807) is 0 Å². The summed E-state index contributed by atoms with van der Waals surface area (Å²) < 4.78 is 5.11. The summed E-state index contributed by atoms with van der Waals surface area (Å²) in [6.07, 6.45) is 6.32. The minimum absolute atomic E-state index is 0.0808. The molecule has 2 aliphatic carbocycles. The summed E-state index contributed by atoms with van der Waals surface area (Å²) in [6, 6.07) is -2.78. The Morgan fingerprint density at radius 3 is 1.83 bits per heavy atom. The van der Waals surface area contributed by atoms with Gasteiger partial charge in [0.2, 0.25) is 18.2 Å². The summed E-state index contributed by atoms with van der Waals surface area (Å²) in [7, 11) is 0. The molecule has 3 unspecified atom stereocenters. The number of hydrogen-bond acceptors (Lipinski definition) is 7. The van der Waals surface area contributed by atoms with Crippen molar-refractivity contribution in [1.82, 2.24) is 20.9 Å². The lowest BCUT2D eigenvalue weighted by Crippen LogP contribution is -2.59. The number of hydrogen-bond donors (Lipinski definition) is 4. The molecule has 0 aromatic carbocycles. The van der Waals surface area contributed by atoms with Gasteiger partial charge in [0.1, 0.15) is 18.6 Å². The van der Waals surface area contributed by atoms with E-state index in [4.69, 9.17) is 9.53 Å². The molecule has 5 amide bonds. The first-order valence-corrected chi connectivity index (χ1v) is 16.8. The van der Waals surface area contributed by atoms with Gasteiger partial charge in [-0.25, -0.2) is 4.79 Å². The van der Waals surface area contributed by atoms with Gasteiger partial charge < -0.3 is 31.3 Å². The third-order valence-corrected chi connectivity index (χ3v) is 6.87. The number of likely N-dealkylation sites (tertiary alicyclic amines) is 1. The van der Waals surface area contributed by atoms with Crippen molar-refractivity contribution in [3.05, 3.63) is 0 Å². The predicted molar refractivity (Wildman–Crippen MR) is 179 cm³/mol. The predicted octanol–water partition coefficient (Wildman–Crippen LogP) is 3.94. The first-order valence-electron chi connectivity index (χ1n) is 16.8. The molecule has 0 bridgehead atoms. The van der Waals surface area contributed by atoms with Crippen LogP contribution in [-0.2, 0) is 28.7 Å². The Balaban J connectivity index is 0.00000160. The van der Waals surface area contributed by atoms with Crippen LogP contribution in [0.3, 0.4) is 0 Å². The largest absolute Gasteiger partial charge is 0.464 e. The van der Waals surface area contributed by atoms with E-state index in [1.165, 1.54) is 11.8 Å². The maximum absolute atomic E-state index is 13.5. The number of primary amides is 1. The van der Waals surface area contributed by atoms with Crippen molar-refractivity contribution in [3.8, 4) is 0 Å². The summed E-state index contributed by atoms with van der Waals surface area (Å²) in [4.78, 5) is 73.0. The van der Waals surface area contributed by atoms with Crippen molar-refractivity contribution in [1.29, 1.82) is 0 Å².